The highest BCUT2D eigenvalue weighted by molar-refractivity contribution is 5.43. The average Bonchev–Trinajstić information content (AvgIpc) is 2.77. The maximum atomic E-state index is 12.6. The number of rotatable bonds is 2. The highest BCUT2D eigenvalue weighted by atomic mass is 19.4. The molecule has 3 nitrogen and oxygen atoms in total. The van der Waals surface area contributed by atoms with Crippen LogP contribution in [0.5, 0.6) is 0 Å². The van der Waals surface area contributed by atoms with Crippen LogP contribution in [0, 0.1) is 5.92 Å². The number of alkyl halides is 3. The van der Waals surface area contributed by atoms with Gasteiger partial charge in [0.1, 0.15) is 5.82 Å². The first kappa shape index (κ1) is 13.1. The van der Waals surface area contributed by atoms with Crippen molar-refractivity contribution in [1.29, 1.82) is 0 Å². The van der Waals surface area contributed by atoms with Gasteiger partial charge in [0, 0.05) is 25.2 Å². The summed E-state index contributed by atoms with van der Waals surface area (Å²) < 4.78 is 37.7. The van der Waals surface area contributed by atoms with Crippen LogP contribution < -0.4 is 4.90 Å². The number of pyridine rings is 1. The Balaban J connectivity index is 2.15. The van der Waals surface area contributed by atoms with Crippen LogP contribution >= 0.6 is 0 Å². The third-order valence-corrected chi connectivity index (χ3v) is 3.30. The molecule has 2 heterocycles. The molecule has 1 aromatic rings. The molecule has 1 aliphatic rings. The molecular weight excluding hydrogens is 245 g/mol. The van der Waals surface area contributed by atoms with Crippen molar-refractivity contribution >= 4 is 5.82 Å². The number of nitrogens with zero attached hydrogens (tertiary/aromatic N) is 2. The Hall–Kier alpha value is -1.30. The van der Waals surface area contributed by atoms with Gasteiger partial charge in [0.05, 0.1) is 11.7 Å². The van der Waals surface area contributed by atoms with Gasteiger partial charge >= 0.3 is 6.18 Å². The standard InChI is InChI=1S/C12H15F3N2O/c1-8(18)9-3-5-17(7-9)11-6-10(2-4-16-11)12(13,14)15/h2,4,6,8-9,18H,3,5,7H2,1H3. The molecule has 0 aromatic carbocycles. The Morgan fingerprint density at radius 1 is 1.50 bits per heavy atom. The molecule has 1 fully saturated rings. The summed E-state index contributed by atoms with van der Waals surface area (Å²) in [5.74, 6) is 0.425. The fourth-order valence-electron chi connectivity index (χ4n) is 2.16. The normalized spacial score (nSPS) is 22.3. The van der Waals surface area contributed by atoms with Gasteiger partial charge in [-0.2, -0.15) is 13.2 Å². The Morgan fingerprint density at radius 3 is 2.78 bits per heavy atom. The molecule has 2 unspecified atom stereocenters. The zero-order valence-corrected chi connectivity index (χ0v) is 9.98. The van der Waals surface area contributed by atoms with Crippen molar-refractivity contribution < 1.29 is 18.3 Å². The second-order valence-corrected chi connectivity index (χ2v) is 4.64. The minimum atomic E-state index is -4.35. The van der Waals surface area contributed by atoms with Crippen LogP contribution in [-0.4, -0.2) is 29.3 Å². The number of hydrogen-bond donors (Lipinski definition) is 1. The number of halogens is 3. The molecule has 1 aromatic heterocycles. The second kappa shape index (κ2) is 4.76. The van der Waals surface area contributed by atoms with E-state index in [9.17, 15) is 18.3 Å². The van der Waals surface area contributed by atoms with Crippen LogP contribution in [0.3, 0.4) is 0 Å². The third-order valence-electron chi connectivity index (χ3n) is 3.30. The van der Waals surface area contributed by atoms with E-state index in [1.165, 1.54) is 6.20 Å². The van der Waals surface area contributed by atoms with E-state index in [2.05, 4.69) is 4.98 Å². The van der Waals surface area contributed by atoms with Crippen molar-refractivity contribution in [3.8, 4) is 0 Å². The Labute approximate surface area is 103 Å². The fraction of sp³-hybridized carbons (Fsp3) is 0.583. The maximum absolute atomic E-state index is 12.6. The fourth-order valence-corrected chi connectivity index (χ4v) is 2.16. The van der Waals surface area contributed by atoms with E-state index in [4.69, 9.17) is 0 Å². The lowest BCUT2D eigenvalue weighted by Crippen LogP contribution is -2.24. The van der Waals surface area contributed by atoms with Crippen LogP contribution in [0.4, 0.5) is 19.0 Å². The van der Waals surface area contributed by atoms with Gasteiger partial charge in [-0.05, 0) is 25.5 Å². The minimum absolute atomic E-state index is 0.0985. The van der Waals surface area contributed by atoms with Crippen LogP contribution in [-0.2, 0) is 6.18 Å². The third kappa shape index (κ3) is 2.75. The number of anilines is 1. The van der Waals surface area contributed by atoms with Crippen LogP contribution in [0.25, 0.3) is 0 Å². The summed E-state index contributed by atoms with van der Waals surface area (Å²) in [5, 5.41) is 9.47. The van der Waals surface area contributed by atoms with E-state index in [1.807, 2.05) is 0 Å². The Bertz CT molecular complexity index is 420. The molecule has 0 radical (unpaired) electrons. The van der Waals surface area contributed by atoms with Crippen LogP contribution in [0.15, 0.2) is 18.3 Å². The molecule has 0 amide bonds. The molecule has 2 atom stereocenters. The average molecular weight is 260 g/mol. The first-order valence-corrected chi connectivity index (χ1v) is 5.84. The van der Waals surface area contributed by atoms with Gasteiger partial charge in [0.25, 0.3) is 0 Å². The van der Waals surface area contributed by atoms with Gasteiger partial charge in [0.2, 0.25) is 0 Å². The first-order valence-electron chi connectivity index (χ1n) is 5.84. The van der Waals surface area contributed by atoms with Gasteiger partial charge in [-0.25, -0.2) is 4.98 Å². The number of aromatic nitrogens is 1. The smallest absolute Gasteiger partial charge is 0.393 e. The van der Waals surface area contributed by atoms with Crippen molar-refractivity contribution in [2.24, 2.45) is 5.92 Å². The number of aliphatic hydroxyl groups excluding tert-OH is 1. The zero-order valence-electron chi connectivity index (χ0n) is 9.98. The lowest BCUT2D eigenvalue weighted by atomic mass is 10.0. The Kier molecular flexibility index (Phi) is 3.47. The molecular formula is C12H15F3N2O. The van der Waals surface area contributed by atoms with E-state index in [0.717, 1.165) is 18.6 Å². The molecule has 0 saturated carbocycles. The molecule has 1 aliphatic heterocycles. The first-order chi connectivity index (χ1) is 8.38. The zero-order chi connectivity index (χ0) is 13.3. The molecule has 100 valence electrons. The van der Waals surface area contributed by atoms with Crippen molar-refractivity contribution in [1.82, 2.24) is 4.98 Å². The SMILES string of the molecule is CC(O)C1CCN(c2cc(C(F)(F)F)ccn2)C1. The molecule has 2 rings (SSSR count). The predicted molar refractivity (Wildman–Crippen MR) is 61.2 cm³/mol. The molecule has 0 spiro atoms. The van der Waals surface area contributed by atoms with Crippen LogP contribution in [0.2, 0.25) is 0 Å². The van der Waals surface area contributed by atoms with E-state index < -0.39 is 17.8 Å². The monoisotopic (exact) mass is 260 g/mol. The summed E-state index contributed by atoms with van der Waals surface area (Å²) in [6, 6.07) is 2.02. The summed E-state index contributed by atoms with van der Waals surface area (Å²) in [4.78, 5) is 5.76. The summed E-state index contributed by atoms with van der Waals surface area (Å²) in [6.45, 7) is 2.88. The van der Waals surface area contributed by atoms with E-state index in [-0.39, 0.29) is 5.92 Å². The number of aliphatic hydroxyl groups is 1. The van der Waals surface area contributed by atoms with E-state index in [0.29, 0.717) is 18.9 Å². The molecule has 1 N–H and O–H groups in total. The van der Waals surface area contributed by atoms with Crippen molar-refractivity contribution in [3.63, 3.8) is 0 Å². The quantitative estimate of drug-likeness (QED) is 0.886. The topological polar surface area (TPSA) is 36.4 Å². The minimum Gasteiger partial charge on any atom is -0.393 e. The van der Waals surface area contributed by atoms with Crippen molar-refractivity contribution in [2.75, 3.05) is 18.0 Å². The van der Waals surface area contributed by atoms with Gasteiger partial charge in [-0.3, -0.25) is 0 Å². The molecule has 6 heteroatoms. The lowest BCUT2D eigenvalue weighted by Gasteiger charge is -2.19. The van der Waals surface area contributed by atoms with Crippen LogP contribution in [0.1, 0.15) is 18.9 Å². The molecule has 0 bridgehead atoms. The second-order valence-electron chi connectivity index (χ2n) is 4.64. The Morgan fingerprint density at radius 2 is 2.22 bits per heavy atom. The van der Waals surface area contributed by atoms with Crippen molar-refractivity contribution in [3.05, 3.63) is 23.9 Å². The summed E-state index contributed by atoms with van der Waals surface area (Å²) in [6.07, 6.45) is -2.84. The molecule has 18 heavy (non-hydrogen) atoms. The van der Waals surface area contributed by atoms with Gasteiger partial charge in [-0.15, -0.1) is 0 Å². The van der Waals surface area contributed by atoms with Gasteiger partial charge in [0.15, 0.2) is 0 Å². The largest absolute Gasteiger partial charge is 0.416 e. The van der Waals surface area contributed by atoms with Gasteiger partial charge in [-0.1, -0.05) is 0 Å². The molecule has 1 saturated heterocycles. The maximum Gasteiger partial charge on any atom is 0.416 e. The molecule has 0 aliphatic carbocycles. The number of hydrogen-bond acceptors (Lipinski definition) is 3. The van der Waals surface area contributed by atoms with Gasteiger partial charge < -0.3 is 10.0 Å². The summed E-state index contributed by atoms with van der Waals surface area (Å²) in [5.41, 5.74) is -0.687. The lowest BCUT2D eigenvalue weighted by molar-refractivity contribution is -0.137. The summed E-state index contributed by atoms with van der Waals surface area (Å²) >= 11 is 0. The van der Waals surface area contributed by atoms with Crippen molar-refractivity contribution in [2.45, 2.75) is 25.6 Å². The highest BCUT2D eigenvalue weighted by Gasteiger charge is 2.32. The highest BCUT2D eigenvalue weighted by Crippen LogP contribution is 2.32. The summed E-state index contributed by atoms with van der Waals surface area (Å²) in [7, 11) is 0. The predicted octanol–water partition coefficient (Wildman–Crippen LogP) is 2.31. The van der Waals surface area contributed by atoms with E-state index >= 15 is 0 Å². The van der Waals surface area contributed by atoms with E-state index in [1.54, 1.807) is 11.8 Å².